The molecular formula is C16H30N2O2. The van der Waals surface area contributed by atoms with Crippen LogP contribution in [0.2, 0.25) is 0 Å². The van der Waals surface area contributed by atoms with Crippen LogP contribution in [0.4, 0.5) is 0 Å². The van der Waals surface area contributed by atoms with Crippen LogP contribution in [0.15, 0.2) is 11.6 Å². The molecule has 0 unspecified atom stereocenters. The van der Waals surface area contributed by atoms with Gasteiger partial charge >= 0.3 is 5.97 Å². The van der Waals surface area contributed by atoms with Crippen molar-refractivity contribution in [3.8, 4) is 0 Å². The number of piperidine rings is 1. The first-order valence-corrected chi connectivity index (χ1v) is 7.86. The van der Waals surface area contributed by atoms with Gasteiger partial charge in [0.15, 0.2) is 0 Å². The summed E-state index contributed by atoms with van der Waals surface area (Å²) in [7, 11) is 0. The summed E-state index contributed by atoms with van der Waals surface area (Å²) in [6.45, 7) is 11.0. The van der Waals surface area contributed by atoms with Crippen molar-refractivity contribution in [1.29, 1.82) is 0 Å². The van der Waals surface area contributed by atoms with Crippen LogP contribution in [0.3, 0.4) is 0 Å². The number of hydrogen-bond acceptors (Lipinski definition) is 4. The molecule has 0 aromatic heterocycles. The molecule has 4 heteroatoms. The molecule has 20 heavy (non-hydrogen) atoms. The molecule has 0 aromatic carbocycles. The van der Waals surface area contributed by atoms with Gasteiger partial charge in [-0.15, -0.1) is 0 Å². The molecule has 1 saturated heterocycles. The Bertz CT molecular complexity index is 304. The molecule has 0 aromatic rings. The Kier molecular flexibility index (Phi) is 8.54. The van der Waals surface area contributed by atoms with E-state index in [1.165, 1.54) is 31.5 Å². The molecule has 1 N–H and O–H groups in total. The van der Waals surface area contributed by atoms with Gasteiger partial charge in [-0.05, 0) is 59.7 Å². The minimum Gasteiger partial charge on any atom is -0.466 e. The highest BCUT2D eigenvalue weighted by Crippen LogP contribution is 2.10. The number of carbonyl (C=O) groups is 1. The van der Waals surface area contributed by atoms with Crippen LogP contribution in [0.1, 0.15) is 46.5 Å². The number of ether oxygens (including phenoxy) is 1. The normalized spacial score (nSPS) is 16.9. The molecule has 116 valence electrons. The van der Waals surface area contributed by atoms with Gasteiger partial charge in [-0.2, -0.15) is 0 Å². The fourth-order valence-electron chi connectivity index (χ4n) is 2.40. The van der Waals surface area contributed by atoms with Crippen molar-refractivity contribution >= 4 is 5.97 Å². The number of nitrogens with one attached hydrogen (secondary N) is 1. The third-order valence-corrected chi connectivity index (χ3v) is 3.64. The summed E-state index contributed by atoms with van der Waals surface area (Å²) in [5.41, 5.74) is 1.39. The van der Waals surface area contributed by atoms with Crippen LogP contribution >= 0.6 is 0 Å². The third-order valence-electron chi connectivity index (χ3n) is 3.64. The van der Waals surface area contributed by atoms with E-state index < -0.39 is 0 Å². The van der Waals surface area contributed by atoms with Crippen molar-refractivity contribution in [3.63, 3.8) is 0 Å². The second-order valence-electron chi connectivity index (χ2n) is 5.72. The van der Waals surface area contributed by atoms with E-state index in [0.29, 0.717) is 19.1 Å². The summed E-state index contributed by atoms with van der Waals surface area (Å²) in [6, 6.07) is 0.611. The predicted octanol–water partition coefficient (Wildman–Crippen LogP) is 2.35. The van der Waals surface area contributed by atoms with E-state index in [1.54, 1.807) is 0 Å². The average Bonchev–Trinajstić information content (AvgIpc) is 2.43. The van der Waals surface area contributed by atoms with E-state index in [-0.39, 0.29) is 5.97 Å². The van der Waals surface area contributed by atoms with Gasteiger partial charge < -0.3 is 10.1 Å². The summed E-state index contributed by atoms with van der Waals surface area (Å²) in [6.07, 6.45) is 6.11. The lowest BCUT2D eigenvalue weighted by atomic mass is 10.0. The van der Waals surface area contributed by atoms with Gasteiger partial charge in [0.2, 0.25) is 0 Å². The second-order valence-corrected chi connectivity index (χ2v) is 5.72. The van der Waals surface area contributed by atoms with E-state index in [1.807, 2.05) is 6.92 Å². The van der Waals surface area contributed by atoms with Gasteiger partial charge in [0, 0.05) is 19.0 Å². The quantitative estimate of drug-likeness (QED) is 0.421. The highest BCUT2D eigenvalue weighted by molar-refractivity contribution is 5.69. The lowest BCUT2D eigenvalue weighted by Gasteiger charge is -2.31. The van der Waals surface area contributed by atoms with Gasteiger partial charge in [0.05, 0.1) is 6.61 Å². The van der Waals surface area contributed by atoms with E-state index in [0.717, 1.165) is 19.5 Å². The zero-order chi connectivity index (χ0) is 14.8. The number of rotatable bonds is 8. The Morgan fingerprint density at radius 1 is 1.35 bits per heavy atom. The molecule has 0 radical (unpaired) electrons. The van der Waals surface area contributed by atoms with E-state index in [4.69, 9.17) is 4.74 Å². The minimum atomic E-state index is -0.0779. The van der Waals surface area contributed by atoms with Gasteiger partial charge in [0.25, 0.3) is 0 Å². The molecule has 1 aliphatic heterocycles. The Labute approximate surface area is 123 Å². The molecule has 1 rings (SSSR count). The smallest absolute Gasteiger partial charge is 0.305 e. The van der Waals surface area contributed by atoms with Gasteiger partial charge in [-0.25, -0.2) is 0 Å². The van der Waals surface area contributed by atoms with E-state index in [9.17, 15) is 4.79 Å². The second kappa shape index (κ2) is 9.94. The Hall–Kier alpha value is -0.870. The first kappa shape index (κ1) is 17.2. The van der Waals surface area contributed by atoms with Crippen molar-refractivity contribution in [2.45, 2.75) is 52.5 Å². The molecule has 0 atom stereocenters. The third kappa shape index (κ3) is 7.65. The maximum Gasteiger partial charge on any atom is 0.305 e. The topological polar surface area (TPSA) is 41.6 Å². The van der Waals surface area contributed by atoms with Crippen molar-refractivity contribution in [1.82, 2.24) is 10.2 Å². The standard InChI is InChI=1S/C16H30N2O2/c1-4-20-16(19)6-5-10-17-15-8-12-18(13-9-15)11-7-14(2)3/h7,15,17H,4-6,8-13H2,1-3H3. The molecule has 0 aliphatic carbocycles. The molecule has 0 amide bonds. The molecular weight excluding hydrogens is 252 g/mol. The highest BCUT2D eigenvalue weighted by Gasteiger charge is 2.17. The number of hydrogen-bond donors (Lipinski definition) is 1. The summed E-state index contributed by atoms with van der Waals surface area (Å²) < 4.78 is 4.92. The first-order valence-electron chi connectivity index (χ1n) is 7.86. The van der Waals surface area contributed by atoms with Gasteiger partial charge in [-0.3, -0.25) is 9.69 Å². The van der Waals surface area contributed by atoms with E-state index in [2.05, 4.69) is 30.1 Å². The monoisotopic (exact) mass is 282 g/mol. The lowest BCUT2D eigenvalue weighted by molar-refractivity contribution is -0.143. The molecule has 1 aliphatic rings. The number of carbonyl (C=O) groups excluding carboxylic acids is 1. The summed E-state index contributed by atoms with van der Waals surface area (Å²) >= 11 is 0. The fourth-order valence-corrected chi connectivity index (χ4v) is 2.40. The van der Waals surface area contributed by atoms with Crippen molar-refractivity contribution < 1.29 is 9.53 Å². The van der Waals surface area contributed by atoms with Crippen LogP contribution in [-0.4, -0.2) is 49.7 Å². The van der Waals surface area contributed by atoms with Crippen LogP contribution in [0, 0.1) is 0 Å². The molecule has 0 spiro atoms. The maximum atomic E-state index is 11.2. The zero-order valence-corrected chi connectivity index (χ0v) is 13.3. The Morgan fingerprint density at radius 2 is 2.05 bits per heavy atom. The fraction of sp³-hybridized carbons (Fsp3) is 0.812. The Balaban J connectivity index is 2.05. The first-order chi connectivity index (χ1) is 9.61. The van der Waals surface area contributed by atoms with Crippen LogP contribution in [0.5, 0.6) is 0 Å². The maximum absolute atomic E-state index is 11.2. The molecule has 1 heterocycles. The number of allylic oxidation sites excluding steroid dienone is 1. The molecule has 0 bridgehead atoms. The van der Waals surface area contributed by atoms with Crippen molar-refractivity contribution in [2.75, 3.05) is 32.8 Å². The Morgan fingerprint density at radius 3 is 2.65 bits per heavy atom. The number of likely N-dealkylation sites (tertiary alicyclic amines) is 1. The zero-order valence-electron chi connectivity index (χ0n) is 13.3. The summed E-state index contributed by atoms with van der Waals surface area (Å²) in [4.78, 5) is 13.7. The largest absolute Gasteiger partial charge is 0.466 e. The van der Waals surface area contributed by atoms with Crippen LogP contribution in [-0.2, 0) is 9.53 Å². The SMILES string of the molecule is CCOC(=O)CCCNC1CCN(CC=C(C)C)CC1. The minimum absolute atomic E-state index is 0.0779. The summed E-state index contributed by atoms with van der Waals surface area (Å²) in [5, 5.41) is 3.55. The number of nitrogens with zero attached hydrogens (tertiary/aromatic N) is 1. The van der Waals surface area contributed by atoms with E-state index >= 15 is 0 Å². The average molecular weight is 282 g/mol. The van der Waals surface area contributed by atoms with Crippen LogP contribution < -0.4 is 5.32 Å². The van der Waals surface area contributed by atoms with Gasteiger partial charge in [-0.1, -0.05) is 11.6 Å². The van der Waals surface area contributed by atoms with Crippen LogP contribution in [0.25, 0.3) is 0 Å². The molecule has 0 saturated carbocycles. The van der Waals surface area contributed by atoms with Crippen molar-refractivity contribution in [3.05, 3.63) is 11.6 Å². The van der Waals surface area contributed by atoms with Crippen molar-refractivity contribution in [2.24, 2.45) is 0 Å². The van der Waals surface area contributed by atoms with Gasteiger partial charge in [0.1, 0.15) is 0 Å². The highest BCUT2D eigenvalue weighted by atomic mass is 16.5. The summed E-state index contributed by atoms with van der Waals surface area (Å²) in [5.74, 6) is -0.0779. The lowest BCUT2D eigenvalue weighted by Crippen LogP contribution is -2.42. The molecule has 1 fully saturated rings. The molecule has 4 nitrogen and oxygen atoms in total. The number of esters is 1. The predicted molar refractivity (Wildman–Crippen MR) is 82.8 cm³/mol.